The lowest BCUT2D eigenvalue weighted by atomic mass is 10.1. The molecule has 23 heavy (non-hydrogen) atoms. The average molecular weight is 390 g/mol. The fourth-order valence-corrected chi connectivity index (χ4v) is 2.34. The molecule has 126 valence electrons. The summed E-state index contributed by atoms with van der Waals surface area (Å²) in [6.07, 6.45) is 0.848. The number of benzene rings is 1. The summed E-state index contributed by atoms with van der Waals surface area (Å²) >= 11 is 3.20. The molecule has 1 aromatic carbocycles. The number of likely N-dealkylation sites (N-methyl/N-ethyl adjacent to an activating group) is 1. The molecule has 0 fully saturated rings. The van der Waals surface area contributed by atoms with Gasteiger partial charge in [0.2, 0.25) is 5.91 Å². The lowest BCUT2D eigenvalue weighted by Gasteiger charge is -2.25. The summed E-state index contributed by atoms with van der Waals surface area (Å²) in [7, 11) is 1.25. The molecule has 0 unspecified atom stereocenters. The Hall–Kier alpha value is -1.56. The zero-order valence-electron chi connectivity index (χ0n) is 13.5. The number of hydrogen-bond donors (Lipinski definition) is 0. The van der Waals surface area contributed by atoms with Crippen LogP contribution in [0.2, 0.25) is 0 Å². The molecule has 1 rings (SSSR count). The number of hydrogen-bond acceptors (Lipinski definition) is 1. The van der Waals surface area contributed by atoms with E-state index >= 15 is 0 Å². The quantitative estimate of drug-likeness (QED) is 0.647. The molecule has 0 radical (unpaired) electrons. The van der Waals surface area contributed by atoms with Crippen molar-refractivity contribution in [3.05, 3.63) is 57.5 Å². The van der Waals surface area contributed by atoms with Crippen molar-refractivity contribution in [2.75, 3.05) is 7.05 Å². The van der Waals surface area contributed by atoms with Gasteiger partial charge in [0.25, 0.3) is 5.92 Å². The number of carbonyl (C=O) groups excluding carboxylic acids is 1. The Kier molecular flexibility index (Phi) is 6.22. The second-order valence-corrected chi connectivity index (χ2v) is 6.44. The zero-order chi connectivity index (χ0) is 17.9. The third-order valence-corrected chi connectivity index (χ3v) is 4.09. The van der Waals surface area contributed by atoms with Crippen molar-refractivity contribution < 1.29 is 18.0 Å². The van der Waals surface area contributed by atoms with E-state index in [1.807, 2.05) is 0 Å². The van der Waals surface area contributed by atoms with Crippen LogP contribution >= 0.6 is 15.9 Å². The van der Waals surface area contributed by atoms with Crippen LogP contribution in [0.5, 0.6) is 0 Å². The Morgan fingerprint density at radius 1 is 1.43 bits per heavy atom. The molecule has 6 heteroatoms. The van der Waals surface area contributed by atoms with E-state index in [-0.39, 0.29) is 12.0 Å². The fraction of sp³-hybridized carbons (Fsp3) is 0.353. The summed E-state index contributed by atoms with van der Waals surface area (Å²) in [5.74, 6) is -4.39. The van der Waals surface area contributed by atoms with Gasteiger partial charge in [0.05, 0.1) is 12.1 Å². The second kappa shape index (κ2) is 7.34. The van der Waals surface area contributed by atoms with E-state index in [9.17, 15) is 18.0 Å². The molecule has 0 bridgehead atoms. The molecule has 0 aliphatic rings. The molecule has 0 heterocycles. The van der Waals surface area contributed by atoms with Gasteiger partial charge in [0.15, 0.2) is 0 Å². The molecule has 0 aliphatic heterocycles. The molecule has 1 aromatic rings. The van der Waals surface area contributed by atoms with Crippen LogP contribution < -0.4 is 0 Å². The van der Waals surface area contributed by atoms with Crippen LogP contribution in [-0.4, -0.2) is 23.8 Å². The maximum absolute atomic E-state index is 13.9. The number of amides is 1. The van der Waals surface area contributed by atoms with Crippen LogP contribution in [0, 0.1) is 12.7 Å². The van der Waals surface area contributed by atoms with Crippen molar-refractivity contribution in [2.24, 2.45) is 0 Å². The Morgan fingerprint density at radius 2 is 2.00 bits per heavy atom. The molecule has 0 atom stereocenters. The van der Waals surface area contributed by atoms with Crippen LogP contribution in [0.3, 0.4) is 0 Å². The Labute approximate surface area is 142 Å². The SMILES string of the molecule is C=C(C)/C=C(\N(C)C(=O)Cc1cc(C)c(Br)cc1F)C(C)(F)F. The second-order valence-electron chi connectivity index (χ2n) is 5.59. The van der Waals surface area contributed by atoms with Gasteiger partial charge in [-0.1, -0.05) is 34.1 Å². The summed E-state index contributed by atoms with van der Waals surface area (Å²) in [5, 5.41) is 0. The highest BCUT2D eigenvalue weighted by Gasteiger charge is 2.33. The number of alkyl halides is 2. The number of carbonyl (C=O) groups is 1. The first kappa shape index (κ1) is 19.5. The number of rotatable bonds is 5. The molecule has 0 aliphatic carbocycles. The predicted molar refractivity (Wildman–Crippen MR) is 88.8 cm³/mol. The minimum absolute atomic E-state index is 0.164. The van der Waals surface area contributed by atoms with Gasteiger partial charge in [-0.05, 0) is 37.1 Å². The topological polar surface area (TPSA) is 20.3 Å². The van der Waals surface area contributed by atoms with Crippen LogP contribution in [0.25, 0.3) is 0 Å². The molecule has 0 saturated heterocycles. The van der Waals surface area contributed by atoms with Gasteiger partial charge in [0.1, 0.15) is 5.82 Å². The van der Waals surface area contributed by atoms with E-state index in [2.05, 4.69) is 22.5 Å². The normalized spacial score (nSPS) is 12.3. The van der Waals surface area contributed by atoms with E-state index in [0.29, 0.717) is 17.0 Å². The van der Waals surface area contributed by atoms with Crippen LogP contribution in [0.1, 0.15) is 25.0 Å². The van der Waals surface area contributed by atoms with Gasteiger partial charge < -0.3 is 4.90 Å². The van der Waals surface area contributed by atoms with Crippen molar-refractivity contribution >= 4 is 21.8 Å². The van der Waals surface area contributed by atoms with E-state index in [1.165, 1.54) is 19.2 Å². The molecule has 0 saturated carbocycles. The maximum Gasteiger partial charge on any atom is 0.285 e. The summed E-state index contributed by atoms with van der Waals surface area (Å²) in [6, 6.07) is 2.79. The smallest absolute Gasteiger partial charge is 0.285 e. The first-order valence-electron chi connectivity index (χ1n) is 6.90. The third-order valence-electron chi connectivity index (χ3n) is 3.24. The van der Waals surface area contributed by atoms with Crippen LogP contribution in [0.4, 0.5) is 13.2 Å². The highest BCUT2D eigenvalue weighted by atomic mass is 79.9. The van der Waals surface area contributed by atoms with Crippen molar-refractivity contribution in [1.29, 1.82) is 0 Å². The summed E-state index contributed by atoms with van der Waals surface area (Å²) in [4.78, 5) is 13.1. The minimum Gasteiger partial charge on any atom is -0.313 e. The predicted octanol–water partition coefficient (Wildman–Crippen LogP) is 5.01. The van der Waals surface area contributed by atoms with Gasteiger partial charge in [-0.25, -0.2) is 13.2 Å². The molecule has 0 spiro atoms. The summed E-state index contributed by atoms with van der Waals surface area (Å²) < 4.78 is 41.9. The van der Waals surface area contributed by atoms with E-state index in [1.54, 1.807) is 13.8 Å². The molecule has 2 nitrogen and oxygen atoms in total. The Morgan fingerprint density at radius 3 is 2.48 bits per heavy atom. The highest BCUT2D eigenvalue weighted by molar-refractivity contribution is 9.10. The molecule has 0 aromatic heterocycles. The van der Waals surface area contributed by atoms with Crippen LogP contribution in [-0.2, 0) is 11.2 Å². The molecule has 1 amide bonds. The lowest BCUT2D eigenvalue weighted by molar-refractivity contribution is -0.129. The Balaban J connectivity index is 3.09. The molecular formula is C17H19BrF3NO. The molecule has 0 N–H and O–H groups in total. The Bertz CT molecular complexity index is 663. The highest BCUT2D eigenvalue weighted by Crippen LogP contribution is 2.28. The number of halogens is 4. The van der Waals surface area contributed by atoms with Gasteiger partial charge in [-0.15, -0.1) is 0 Å². The number of aryl methyl sites for hydroxylation is 1. The van der Waals surface area contributed by atoms with E-state index < -0.39 is 23.3 Å². The van der Waals surface area contributed by atoms with Crippen LogP contribution in [0.15, 0.2) is 40.5 Å². The standard InChI is InChI=1S/C17H19BrF3NO/c1-10(2)6-15(17(4,20)21)22(5)16(23)8-12-7-11(3)13(18)9-14(12)19/h6-7,9H,1,8H2,2-5H3/b15-6-. The minimum atomic E-state index is -3.21. The third kappa shape index (κ3) is 5.23. The molecular weight excluding hydrogens is 371 g/mol. The lowest BCUT2D eigenvalue weighted by Crippen LogP contribution is -2.35. The zero-order valence-corrected chi connectivity index (χ0v) is 15.1. The van der Waals surface area contributed by atoms with Crippen molar-refractivity contribution in [3.8, 4) is 0 Å². The van der Waals surface area contributed by atoms with Gasteiger partial charge in [0, 0.05) is 18.4 Å². The maximum atomic E-state index is 13.9. The van der Waals surface area contributed by atoms with E-state index in [0.717, 1.165) is 16.5 Å². The van der Waals surface area contributed by atoms with E-state index in [4.69, 9.17) is 0 Å². The number of nitrogens with zero attached hydrogens (tertiary/aromatic N) is 1. The first-order valence-corrected chi connectivity index (χ1v) is 7.69. The largest absolute Gasteiger partial charge is 0.313 e. The fourth-order valence-electron chi connectivity index (χ4n) is 2.02. The van der Waals surface area contributed by atoms with Crippen molar-refractivity contribution in [1.82, 2.24) is 4.90 Å². The van der Waals surface area contributed by atoms with Gasteiger partial charge in [-0.2, -0.15) is 0 Å². The summed E-state index contributed by atoms with van der Waals surface area (Å²) in [6.45, 7) is 7.58. The average Bonchev–Trinajstić information content (AvgIpc) is 2.39. The van der Waals surface area contributed by atoms with Gasteiger partial charge >= 0.3 is 0 Å². The van der Waals surface area contributed by atoms with Crippen molar-refractivity contribution in [3.63, 3.8) is 0 Å². The van der Waals surface area contributed by atoms with Crippen molar-refractivity contribution in [2.45, 2.75) is 33.1 Å². The first-order chi connectivity index (χ1) is 10.4. The number of allylic oxidation sites excluding steroid dienone is 3. The van der Waals surface area contributed by atoms with Gasteiger partial charge in [-0.3, -0.25) is 4.79 Å². The monoisotopic (exact) mass is 389 g/mol. The summed E-state index contributed by atoms with van der Waals surface area (Å²) in [5.41, 5.74) is 0.850.